The number of hydrogen-bond donors (Lipinski definition) is 1. The van der Waals surface area contributed by atoms with Crippen molar-refractivity contribution < 1.29 is 4.79 Å². The van der Waals surface area contributed by atoms with Crippen LogP contribution in [0, 0.1) is 0 Å². The largest absolute Gasteiger partial charge is 0.298 e. The van der Waals surface area contributed by atoms with E-state index in [9.17, 15) is 4.79 Å². The molecule has 0 amide bonds. The van der Waals surface area contributed by atoms with E-state index in [0.717, 1.165) is 6.42 Å². The molecule has 0 aromatic carbocycles. The van der Waals surface area contributed by atoms with E-state index >= 15 is 0 Å². The van der Waals surface area contributed by atoms with E-state index in [1.165, 1.54) is 6.92 Å². The zero-order valence-corrected chi connectivity index (χ0v) is 5.83. The lowest BCUT2D eigenvalue weighted by Gasteiger charge is -2.04. The first-order valence-electron chi connectivity index (χ1n) is 2.59. The van der Waals surface area contributed by atoms with Gasteiger partial charge in [0.25, 0.3) is 0 Å². The lowest BCUT2D eigenvalue weighted by Crippen LogP contribution is -2.27. The Kier molecular flexibility index (Phi) is 3.83. The van der Waals surface area contributed by atoms with E-state index < -0.39 is 0 Å². The third-order valence-corrected chi connectivity index (χ3v) is 1.29. The fraction of sp³-hybridized carbons (Fsp3) is 0.800. The van der Waals surface area contributed by atoms with Gasteiger partial charge in [-0.2, -0.15) is 0 Å². The minimum atomic E-state index is -0.170. The van der Waals surface area contributed by atoms with Gasteiger partial charge in [0.1, 0.15) is 5.78 Å². The average molecular weight is 136 g/mol. The Hall–Kier alpha value is -0.0800. The second kappa shape index (κ2) is 3.87. The molecule has 2 nitrogen and oxygen atoms in total. The lowest BCUT2D eigenvalue weighted by atomic mass is 10.2. The number of Topliss-reactive ketones (excluding diaryl/α,β-unsaturated/α-hetero) is 1. The zero-order valence-electron chi connectivity index (χ0n) is 5.07. The van der Waals surface area contributed by atoms with Crippen molar-refractivity contribution in [2.45, 2.75) is 26.3 Å². The van der Waals surface area contributed by atoms with Crippen molar-refractivity contribution in [3.8, 4) is 0 Å². The Morgan fingerprint density at radius 3 is 2.38 bits per heavy atom. The molecule has 8 heavy (non-hydrogen) atoms. The molecule has 0 fully saturated rings. The van der Waals surface area contributed by atoms with Crippen LogP contribution in [0.5, 0.6) is 0 Å². The van der Waals surface area contributed by atoms with Gasteiger partial charge in [-0.25, -0.2) is 4.84 Å². The molecule has 0 aromatic rings. The van der Waals surface area contributed by atoms with Gasteiger partial charge >= 0.3 is 0 Å². The fourth-order valence-electron chi connectivity index (χ4n) is 0.441. The maximum atomic E-state index is 10.5. The van der Waals surface area contributed by atoms with Crippen LogP contribution in [0.4, 0.5) is 0 Å². The molecule has 0 heterocycles. The summed E-state index contributed by atoms with van der Waals surface area (Å²) in [7, 11) is 0. The summed E-state index contributed by atoms with van der Waals surface area (Å²) in [6.07, 6.45) is 0.749. The van der Waals surface area contributed by atoms with Gasteiger partial charge in [0.05, 0.1) is 6.04 Å². The summed E-state index contributed by atoms with van der Waals surface area (Å²) in [5, 5.41) is 0. The first kappa shape index (κ1) is 7.92. The number of ketones is 1. The van der Waals surface area contributed by atoms with Crippen molar-refractivity contribution in [1.29, 1.82) is 0 Å². The van der Waals surface area contributed by atoms with Gasteiger partial charge in [0, 0.05) is 0 Å². The molecule has 0 aliphatic carbocycles. The zero-order chi connectivity index (χ0) is 6.57. The second-order valence-electron chi connectivity index (χ2n) is 1.68. The Morgan fingerprint density at radius 1 is 1.88 bits per heavy atom. The summed E-state index contributed by atoms with van der Waals surface area (Å²) in [6, 6.07) is -0.170. The SMILES string of the molecule is CCC(NCl)C(C)=O. The number of rotatable bonds is 3. The topological polar surface area (TPSA) is 29.1 Å². The number of halogens is 1. The van der Waals surface area contributed by atoms with Crippen LogP contribution in [0.2, 0.25) is 0 Å². The molecular weight excluding hydrogens is 126 g/mol. The Labute approximate surface area is 54.3 Å². The van der Waals surface area contributed by atoms with Crippen LogP contribution in [-0.2, 0) is 4.79 Å². The van der Waals surface area contributed by atoms with Crippen molar-refractivity contribution in [2.75, 3.05) is 0 Å². The van der Waals surface area contributed by atoms with Crippen LogP contribution in [0.3, 0.4) is 0 Å². The second-order valence-corrected chi connectivity index (χ2v) is 1.90. The van der Waals surface area contributed by atoms with Gasteiger partial charge in [0.15, 0.2) is 0 Å². The summed E-state index contributed by atoms with van der Waals surface area (Å²) in [6.45, 7) is 3.42. The predicted molar refractivity (Wildman–Crippen MR) is 33.7 cm³/mol. The summed E-state index contributed by atoms with van der Waals surface area (Å²) >= 11 is 5.19. The van der Waals surface area contributed by atoms with Gasteiger partial charge < -0.3 is 0 Å². The Morgan fingerprint density at radius 2 is 2.38 bits per heavy atom. The molecule has 0 rings (SSSR count). The smallest absolute Gasteiger partial charge is 0.147 e. The van der Waals surface area contributed by atoms with Crippen molar-refractivity contribution >= 4 is 17.6 Å². The van der Waals surface area contributed by atoms with Gasteiger partial charge in [-0.05, 0) is 25.1 Å². The fourth-order valence-corrected chi connectivity index (χ4v) is 0.749. The highest BCUT2D eigenvalue weighted by molar-refractivity contribution is 6.15. The minimum Gasteiger partial charge on any atom is -0.298 e. The molecule has 0 spiro atoms. The highest BCUT2D eigenvalue weighted by Crippen LogP contribution is 1.91. The van der Waals surface area contributed by atoms with E-state index in [2.05, 4.69) is 4.84 Å². The first-order valence-corrected chi connectivity index (χ1v) is 2.96. The van der Waals surface area contributed by atoms with Crippen LogP contribution in [-0.4, -0.2) is 11.8 Å². The molecule has 3 heteroatoms. The molecule has 1 atom stereocenters. The van der Waals surface area contributed by atoms with Crippen LogP contribution in [0.25, 0.3) is 0 Å². The number of carbonyl (C=O) groups is 1. The summed E-state index contributed by atoms with van der Waals surface area (Å²) in [5.41, 5.74) is 0. The lowest BCUT2D eigenvalue weighted by molar-refractivity contribution is -0.118. The average Bonchev–Trinajstić information content (AvgIpc) is 1.69. The molecule has 0 radical (unpaired) electrons. The van der Waals surface area contributed by atoms with E-state index in [4.69, 9.17) is 11.8 Å². The maximum Gasteiger partial charge on any atom is 0.147 e. The van der Waals surface area contributed by atoms with Crippen LogP contribution >= 0.6 is 11.8 Å². The number of carbonyl (C=O) groups excluding carboxylic acids is 1. The summed E-state index contributed by atoms with van der Waals surface area (Å²) in [5.74, 6) is 0.0856. The monoisotopic (exact) mass is 135 g/mol. The summed E-state index contributed by atoms with van der Waals surface area (Å²) < 4.78 is 0. The normalized spacial score (nSPS) is 13.4. The van der Waals surface area contributed by atoms with Crippen molar-refractivity contribution in [3.05, 3.63) is 0 Å². The number of hydrogen-bond acceptors (Lipinski definition) is 2. The molecule has 0 aliphatic heterocycles. The van der Waals surface area contributed by atoms with Gasteiger partial charge in [0.2, 0.25) is 0 Å². The van der Waals surface area contributed by atoms with Crippen LogP contribution in [0.1, 0.15) is 20.3 Å². The van der Waals surface area contributed by atoms with E-state index in [-0.39, 0.29) is 11.8 Å². The predicted octanol–water partition coefficient (Wildman–Crippen LogP) is 1.10. The molecule has 48 valence electrons. The standard InChI is InChI=1S/C5H10ClNO/c1-3-5(7-6)4(2)8/h5,7H,3H2,1-2H3. The molecule has 1 unspecified atom stereocenters. The Bertz CT molecular complexity index is 80.5. The highest BCUT2D eigenvalue weighted by atomic mass is 35.5. The van der Waals surface area contributed by atoms with E-state index in [1.54, 1.807) is 0 Å². The van der Waals surface area contributed by atoms with E-state index in [1.807, 2.05) is 6.92 Å². The third-order valence-electron chi connectivity index (χ3n) is 1.03. The maximum absolute atomic E-state index is 10.5. The van der Waals surface area contributed by atoms with Crippen molar-refractivity contribution in [2.24, 2.45) is 0 Å². The van der Waals surface area contributed by atoms with Crippen molar-refractivity contribution in [3.63, 3.8) is 0 Å². The van der Waals surface area contributed by atoms with Gasteiger partial charge in [-0.1, -0.05) is 6.92 Å². The van der Waals surface area contributed by atoms with Crippen LogP contribution in [0.15, 0.2) is 0 Å². The van der Waals surface area contributed by atoms with Gasteiger partial charge in [-0.15, -0.1) is 0 Å². The number of nitrogens with one attached hydrogen (secondary N) is 1. The quantitative estimate of drug-likeness (QED) is 0.588. The van der Waals surface area contributed by atoms with E-state index in [0.29, 0.717) is 0 Å². The molecule has 0 aromatic heterocycles. The molecule has 0 saturated heterocycles. The molecule has 0 saturated carbocycles. The molecular formula is C5H10ClNO. The Balaban J connectivity index is 3.52. The third kappa shape index (κ3) is 2.28. The van der Waals surface area contributed by atoms with Crippen molar-refractivity contribution in [1.82, 2.24) is 4.84 Å². The summed E-state index contributed by atoms with van der Waals surface area (Å²) in [4.78, 5) is 12.8. The molecule has 0 aliphatic rings. The van der Waals surface area contributed by atoms with Gasteiger partial charge in [-0.3, -0.25) is 4.79 Å². The minimum absolute atomic E-state index is 0.0856. The van der Waals surface area contributed by atoms with Crippen LogP contribution < -0.4 is 4.84 Å². The molecule has 1 N–H and O–H groups in total. The highest BCUT2D eigenvalue weighted by Gasteiger charge is 2.07. The molecule has 0 bridgehead atoms. The first-order chi connectivity index (χ1) is 3.72.